The van der Waals surface area contributed by atoms with Gasteiger partial charge in [-0.1, -0.05) is 12.8 Å². The monoisotopic (exact) mass is 469 g/mol. The molecule has 2 N–H and O–H groups in total. The molecule has 4 aromatic rings. The van der Waals surface area contributed by atoms with E-state index in [2.05, 4.69) is 66.3 Å². The number of fused-ring (bicyclic) bond motifs is 1. The van der Waals surface area contributed by atoms with Gasteiger partial charge < -0.3 is 20.4 Å². The number of pyridine rings is 1. The highest BCUT2D eigenvalue weighted by molar-refractivity contribution is 5.77. The fourth-order valence-corrected chi connectivity index (χ4v) is 5.06. The summed E-state index contributed by atoms with van der Waals surface area (Å²) in [6, 6.07) is 12.8. The molecule has 180 valence electrons. The molecule has 0 radical (unpaired) electrons. The summed E-state index contributed by atoms with van der Waals surface area (Å²) in [5.41, 5.74) is 4.79. The zero-order valence-corrected chi connectivity index (χ0v) is 20.1. The summed E-state index contributed by atoms with van der Waals surface area (Å²) in [5.74, 6) is 1.37. The van der Waals surface area contributed by atoms with E-state index in [1.165, 1.54) is 18.5 Å². The van der Waals surface area contributed by atoms with Crippen LogP contribution in [0.25, 0.3) is 11.2 Å². The van der Waals surface area contributed by atoms with E-state index >= 15 is 0 Å². The number of nitrogens with one attached hydrogen (secondary N) is 2. The Morgan fingerprint density at radius 1 is 0.857 bits per heavy atom. The molecule has 2 aliphatic rings. The zero-order valence-electron chi connectivity index (χ0n) is 20.1. The number of hydrogen-bond acceptors (Lipinski definition) is 8. The molecule has 0 amide bonds. The van der Waals surface area contributed by atoms with Crippen molar-refractivity contribution in [3.05, 3.63) is 55.0 Å². The number of rotatable bonds is 6. The largest absolute Gasteiger partial charge is 0.369 e. The van der Waals surface area contributed by atoms with Crippen LogP contribution in [0.1, 0.15) is 31.7 Å². The van der Waals surface area contributed by atoms with Crippen molar-refractivity contribution in [3.8, 4) is 0 Å². The zero-order chi connectivity index (χ0) is 23.6. The van der Waals surface area contributed by atoms with Gasteiger partial charge in [-0.05, 0) is 56.3 Å². The smallest absolute Gasteiger partial charge is 0.229 e. The Kier molecular flexibility index (Phi) is 5.91. The van der Waals surface area contributed by atoms with Gasteiger partial charge in [0.05, 0.1) is 18.1 Å². The number of imidazole rings is 1. The van der Waals surface area contributed by atoms with Crippen molar-refractivity contribution in [1.82, 2.24) is 29.4 Å². The van der Waals surface area contributed by atoms with Crippen LogP contribution in [-0.2, 0) is 0 Å². The summed E-state index contributed by atoms with van der Waals surface area (Å²) < 4.78 is 2.25. The standard InChI is InChI=1S/C26H31N9/c1-33-13-15-34(16-14-33)21-10-8-19(9-11-21)29-25-28-18-23-24(32-25)35(22-6-2-3-7-22)26(31-23)30-20-5-4-12-27-17-20/h4-5,8-12,17-18,22H,2-3,6-7,13-16H2,1H3,(H,30,31)(H,28,29,32). The van der Waals surface area contributed by atoms with E-state index in [0.29, 0.717) is 12.0 Å². The topological polar surface area (TPSA) is 87.0 Å². The number of likely N-dealkylation sites (N-methyl/N-ethyl adjacent to an activating group) is 1. The van der Waals surface area contributed by atoms with E-state index in [4.69, 9.17) is 9.97 Å². The number of anilines is 5. The van der Waals surface area contributed by atoms with Crippen LogP contribution in [0.4, 0.5) is 29.0 Å². The van der Waals surface area contributed by atoms with Crippen LogP contribution in [-0.4, -0.2) is 62.6 Å². The minimum Gasteiger partial charge on any atom is -0.369 e. The first-order chi connectivity index (χ1) is 17.2. The number of nitrogens with zero attached hydrogens (tertiary/aromatic N) is 7. The van der Waals surface area contributed by atoms with Crippen LogP contribution >= 0.6 is 0 Å². The van der Waals surface area contributed by atoms with E-state index in [1.807, 2.05) is 24.5 Å². The van der Waals surface area contributed by atoms with Gasteiger partial charge in [0.1, 0.15) is 5.52 Å². The molecule has 1 saturated carbocycles. The van der Waals surface area contributed by atoms with Crippen molar-refractivity contribution < 1.29 is 0 Å². The summed E-state index contributed by atoms with van der Waals surface area (Å²) in [6.07, 6.45) is 10.1. The molecule has 0 unspecified atom stereocenters. The molecule has 1 aromatic carbocycles. The highest BCUT2D eigenvalue weighted by Crippen LogP contribution is 2.36. The molecule has 4 heterocycles. The highest BCUT2D eigenvalue weighted by atomic mass is 15.3. The minimum atomic E-state index is 0.379. The van der Waals surface area contributed by atoms with Crippen LogP contribution in [0.3, 0.4) is 0 Å². The number of hydrogen-bond donors (Lipinski definition) is 2. The van der Waals surface area contributed by atoms with Gasteiger partial charge in [0.15, 0.2) is 5.65 Å². The quantitative estimate of drug-likeness (QED) is 0.425. The molecule has 1 aliphatic heterocycles. The van der Waals surface area contributed by atoms with E-state index in [-0.39, 0.29) is 0 Å². The van der Waals surface area contributed by atoms with Crippen LogP contribution in [0.15, 0.2) is 55.0 Å². The Morgan fingerprint density at radius 2 is 1.66 bits per heavy atom. The lowest BCUT2D eigenvalue weighted by atomic mass is 10.2. The summed E-state index contributed by atoms with van der Waals surface area (Å²) in [6.45, 7) is 4.31. The van der Waals surface area contributed by atoms with Gasteiger partial charge in [-0.2, -0.15) is 4.98 Å². The maximum atomic E-state index is 4.90. The molecular weight excluding hydrogens is 438 g/mol. The lowest BCUT2D eigenvalue weighted by molar-refractivity contribution is 0.313. The molecule has 0 spiro atoms. The van der Waals surface area contributed by atoms with Crippen molar-refractivity contribution in [1.29, 1.82) is 0 Å². The van der Waals surface area contributed by atoms with Gasteiger partial charge in [-0.15, -0.1) is 0 Å². The molecule has 0 bridgehead atoms. The number of benzene rings is 1. The third kappa shape index (κ3) is 4.64. The third-order valence-corrected chi connectivity index (χ3v) is 7.03. The Balaban J connectivity index is 1.26. The van der Waals surface area contributed by atoms with E-state index < -0.39 is 0 Å². The Hall–Kier alpha value is -3.72. The van der Waals surface area contributed by atoms with Gasteiger partial charge in [0.25, 0.3) is 0 Å². The van der Waals surface area contributed by atoms with E-state index in [9.17, 15) is 0 Å². The highest BCUT2D eigenvalue weighted by Gasteiger charge is 2.24. The molecule has 0 atom stereocenters. The first-order valence-corrected chi connectivity index (χ1v) is 12.5. The summed E-state index contributed by atoms with van der Waals surface area (Å²) in [5, 5.41) is 6.83. The lowest BCUT2D eigenvalue weighted by Gasteiger charge is -2.34. The predicted octanol–water partition coefficient (Wildman–Crippen LogP) is 4.58. The number of aromatic nitrogens is 5. The average molecular weight is 470 g/mol. The summed E-state index contributed by atoms with van der Waals surface area (Å²) in [7, 11) is 2.18. The van der Waals surface area contributed by atoms with Crippen LogP contribution in [0.5, 0.6) is 0 Å². The third-order valence-electron chi connectivity index (χ3n) is 7.03. The van der Waals surface area contributed by atoms with Gasteiger partial charge in [-0.25, -0.2) is 9.97 Å². The molecule has 9 heteroatoms. The van der Waals surface area contributed by atoms with E-state index in [0.717, 1.165) is 67.5 Å². The molecule has 1 saturated heterocycles. The Morgan fingerprint density at radius 3 is 2.40 bits per heavy atom. The maximum Gasteiger partial charge on any atom is 0.229 e. The van der Waals surface area contributed by atoms with Crippen molar-refractivity contribution in [2.75, 3.05) is 48.8 Å². The van der Waals surface area contributed by atoms with Crippen LogP contribution in [0.2, 0.25) is 0 Å². The molecule has 1 aliphatic carbocycles. The summed E-state index contributed by atoms with van der Waals surface area (Å²) in [4.78, 5) is 23.3. The minimum absolute atomic E-state index is 0.379. The van der Waals surface area contributed by atoms with Gasteiger partial charge in [-0.3, -0.25) is 9.55 Å². The fraction of sp³-hybridized carbons (Fsp3) is 0.385. The van der Waals surface area contributed by atoms with Crippen molar-refractivity contribution in [3.63, 3.8) is 0 Å². The second-order valence-corrected chi connectivity index (χ2v) is 9.48. The van der Waals surface area contributed by atoms with E-state index in [1.54, 1.807) is 6.20 Å². The van der Waals surface area contributed by atoms with Gasteiger partial charge >= 0.3 is 0 Å². The maximum absolute atomic E-state index is 4.90. The van der Waals surface area contributed by atoms with Crippen molar-refractivity contribution in [2.24, 2.45) is 0 Å². The molecule has 35 heavy (non-hydrogen) atoms. The number of piperazine rings is 1. The van der Waals surface area contributed by atoms with Gasteiger partial charge in [0.2, 0.25) is 11.9 Å². The molecule has 3 aromatic heterocycles. The Labute approximate surface area is 205 Å². The normalized spacial score (nSPS) is 17.2. The average Bonchev–Trinajstić information content (AvgIpc) is 3.53. The predicted molar refractivity (Wildman–Crippen MR) is 140 cm³/mol. The molecule has 6 rings (SSSR count). The second-order valence-electron chi connectivity index (χ2n) is 9.48. The van der Waals surface area contributed by atoms with Crippen molar-refractivity contribution >= 4 is 40.1 Å². The molecule has 9 nitrogen and oxygen atoms in total. The van der Waals surface area contributed by atoms with Crippen LogP contribution in [0, 0.1) is 0 Å². The second kappa shape index (κ2) is 9.50. The molecule has 2 fully saturated rings. The Bertz CT molecular complexity index is 1270. The van der Waals surface area contributed by atoms with Gasteiger partial charge in [0, 0.05) is 49.8 Å². The van der Waals surface area contributed by atoms with Crippen molar-refractivity contribution in [2.45, 2.75) is 31.7 Å². The molecular formula is C26H31N9. The van der Waals surface area contributed by atoms with Crippen LogP contribution < -0.4 is 15.5 Å². The SMILES string of the molecule is CN1CCN(c2ccc(Nc3ncc4nc(Nc5cccnc5)n(C5CCCC5)c4n3)cc2)CC1. The first-order valence-electron chi connectivity index (χ1n) is 12.5. The lowest BCUT2D eigenvalue weighted by Crippen LogP contribution is -2.44. The fourth-order valence-electron chi connectivity index (χ4n) is 5.06. The first kappa shape index (κ1) is 21.8. The summed E-state index contributed by atoms with van der Waals surface area (Å²) >= 11 is 0.